The highest BCUT2D eigenvalue weighted by Crippen LogP contribution is 2.24. The molecule has 0 heterocycles. The molecule has 0 fully saturated rings. The average molecular weight is 453 g/mol. The fraction of sp³-hybridized carbons (Fsp3) is 0.364. The van der Waals surface area contributed by atoms with Crippen molar-refractivity contribution < 1.29 is 9.59 Å². The summed E-state index contributed by atoms with van der Waals surface area (Å²) in [5.41, 5.74) is 3.13. The highest BCUT2D eigenvalue weighted by atomic mass is 35.5. The third-order valence-electron chi connectivity index (χ3n) is 4.56. The molecule has 2 aromatic carbocycles. The maximum atomic E-state index is 13.1. The van der Waals surface area contributed by atoms with Crippen LogP contribution in [0.5, 0.6) is 0 Å². The Morgan fingerprint density at radius 2 is 1.93 bits per heavy atom. The van der Waals surface area contributed by atoms with E-state index >= 15 is 0 Å². The Morgan fingerprint density at radius 1 is 1.17 bits per heavy atom. The third-order valence-corrected chi connectivity index (χ3v) is 6.14. The van der Waals surface area contributed by atoms with Gasteiger partial charge in [0.1, 0.15) is 6.04 Å². The molecule has 2 aromatic rings. The molecule has 4 nitrogen and oxygen atoms in total. The van der Waals surface area contributed by atoms with Crippen molar-refractivity contribution in [3.63, 3.8) is 0 Å². The maximum absolute atomic E-state index is 13.1. The zero-order chi connectivity index (χ0) is 21.4. The molecule has 0 aromatic heterocycles. The number of carbonyl (C=O) groups is 2. The number of amides is 2. The smallest absolute Gasteiger partial charge is 0.242 e. The average Bonchev–Trinajstić information content (AvgIpc) is 2.69. The summed E-state index contributed by atoms with van der Waals surface area (Å²) in [5.74, 6) is 0.741. The summed E-state index contributed by atoms with van der Waals surface area (Å²) in [6, 6.07) is 12.8. The molecule has 1 N–H and O–H groups in total. The SMILES string of the molecule is CCC(C(=O)NC)N(Cc1ccc(Cl)cc1Cl)C(=O)CSCc1cccc(C)c1. The first-order chi connectivity index (χ1) is 13.8. The van der Waals surface area contributed by atoms with Crippen LogP contribution in [-0.4, -0.2) is 35.6 Å². The van der Waals surface area contributed by atoms with Crippen LogP contribution in [0.15, 0.2) is 42.5 Å². The largest absolute Gasteiger partial charge is 0.357 e. The van der Waals surface area contributed by atoms with Crippen molar-refractivity contribution in [3.05, 3.63) is 69.2 Å². The van der Waals surface area contributed by atoms with Gasteiger partial charge >= 0.3 is 0 Å². The van der Waals surface area contributed by atoms with Crippen LogP contribution in [0, 0.1) is 6.92 Å². The van der Waals surface area contributed by atoms with Crippen molar-refractivity contribution in [1.29, 1.82) is 0 Å². The molecule has 1 unspecified atom stereocenters. The van der Waals surface area contributed by atoms with Gasteiger partial charge in [-0.05, 0) is 36.6 Å². The zero-order valence-electron chi connectivity index (χ0n) is 16.9. The molecule has 0 saturated heterocycles. The summed E-state index contributed by atoms with van der Waals surface area (Å²) in [4.78, 5) is 27.1. The summed E-state index contributed by atoms with van der Waals surface area (Å²) in [5, 5.41) is 3.67. The molecule has 2 rings (SSSR count). The summed E-state index contributed by atoms with van der Waals surface area (Å²) < 4.78 is 0. The van der Waals surface area contributed by atoms with Gasteiger partial charge in [0.15, 0.2) is 0 Å². The lowest BCUT2D eigenvalue weighted by Crippen LogP contribution is -2.48. The third kappa shape index (κ3) is 6.95. The van der Waals surface area contributed by atoms with Crippen LogP contribution < -0.4 is 5.32 Å². The van der Waals surface area contributed by atoms with Crippen molar-refractivity contribution in [2.45, 2.75) is 38.6 Å². The van der Waals surface area contributed by atoms with Crippen LogP contribution in [0.3, 0.4) is 0 Å². The number of nitrogens with one attached hydrogen (secondary N) is 1. The standard InChI is InChI=1S/C22H26Cl2N2O2S/c1-4-20(22(28)25-3)26(12-17-8-9-18(23)11-19(17)24)21(27)14-29-13-16-7-5-6-15(2)10-16/h5-11,20H,4,12-14H2,1-3H3,(H,25,28). The number of likely N-dealkylation sites (N-methyl/N-ethyl adjacent to an activating group) is 1. The van der Waals surface area contributed by atoms with E-state index in [0.717, 1.165) is 11.3 Å². The van der Waals surface area contributed by atoms with Crippen molar-refractivity contribution in [1.82, 2.24) is 10.2 Å². The lowest BCUT2D eigenvalue weighted by Gasteiger charge is -2.30. The quantitative estimate of drug-likeness (QED) is 0.576. The van der Waals surface area contributed by atoms with E-state index < -0.39 is 6.04 Å². The molecule has 0 saturated carbocycles. The second-order valence-electron chi connectivity index (χ2n) is 6.78. The summed E-state index contributed by atoms with van der Waals surface area (Å²) >= 11 is 13.8. The number of halogens is 2. The number of rotatable bonds is 9. The Kier molecular flexibility index (Phi) is 9.34. The normalized spacial score (nSPS) is 11.8. The van der Waals surface area contributed by atoms with Gasteiger partial charge in [-0.1, -0.05) is 66.0 Å². The minimum absolute atomic E-state index is 0.0934. The van der Waals surface area contributed by atoms with Crippen molar-refractivity contribution in [2.75, 3.05) is 12.8 Å². The molecule has 156 valence electrons. The predicted octanol–water partition coefficient (Wildman–Crippen LogP) is 5.09. The van der Waals surface area contributed by atoms with Crippen molar-refractivity contribution in [3.8, 4) is 0 Å². The zero-order valence-corrected chi connectivity index (χ0v) is 19.2. The van der Waals surface area contributed by atoms with Crippen molar-refractivity contribution in [2.24, 2.45) is 0 Å². The van der Waals surface area contributed by atoms with E-state index in [4.69, 9.17) is 23.2 Å². The second-order valence-corrected chi connectivity index (χ2v) is 8.61. The predicted molar refractivity (Wildman–Crippen MR) is 122 cm³/mol. The van der Waals surface area contributed by atoms with E-state index in [1.165, 1.54) is 22.9 Å². The van der Waals surface area contributed by atoms with Gasteiger partial charge in [-0.25, -0.2) is 0 Å². The molecule has 2 amide bonds. The molecule has 0 aliphatic carbocycles. The van der Waals surface area contributed by atoms with Gasteiger partial charge in [0.2, 0.25) is 11.8 Å². The molecule has 0 aliphatic heterocycles. The molecular formula is C22H26Cl2N2O2S. The number of thioether (sulfide) groups is 1. The summed E-state index contributed by atoms with van der Waals surface area (Å²) in [6.45, 7) is 4.20. The van der Waals surface area contributed by atoms with Crippen LogP contribution in [0.1, 0.15) is 30.0 Å². The van der Waals surface area contributed by atoms with Crippen molar-refractivity contribution >= 4 is 46.8 Å². The number of benzene rings is 2. The lowest BCUT2D eigenvalue weighted by molar-refractivity contribution is -0.139. The Hall–Kier alpha value is -1.69. The van der Waals surface area contributed by atoms with Gasteiger partial charge < -0.3 is 10.2 Å². The van der Waals surface area contributed by atoms with E-state index in [0.29, 0.717) is 16.5 Å². The van der Waals surface area contributed by atoms with E-state index in [9.17, 15) is 9.59 Å². The first-order valence-electron chi connectivity index (χ1n) is 9.44. The first kappa shape index (κ1) is 23.6. The molecule has 0 radical (unpaired) electrons. The van der Waals surface area contributed by atoms with E-state index in [1.807, 2.05) is 26.0 Å². The van der Waals surface area contributed by atoms with Gasteiger partial charge in [0.25, 0.3) is 0 Å². The minimum atomic E-state index is -0.557. The second kappa shape index (κ2) is 11.5. The van der Waals surface area contributed by atoms with Gasteiger partial charge in [0.05, 0.1) is 5.75 Å². The van der Waals surface area contributed by atoms with E-state index in [-0.39, 0.29) is 24.1 Å². The van der Waals surface area contributed by atoms with E-state index in [2.05, 4.69) is 17.4 Å². The molecule has 0 bridgehead atoms. The Bertz CT molecular complexity index is 860. The Morgan fingerprint density at radius 3 is 2.55 bits per heavy atom. The Balaban J connectivity index is 2.14. The van der Waals surface area contributed by atoms with Gasteiger partial charge in [0, 0.05) is 29.4 Å². The number of carbonyl (C=O) groups excluding carboxylic acids is 2. The molecule has 7 heteroatoms. The minimum Gasteiger partial charge on any atom is -0.357 e. The Labute approximate surface area is 187 Å². The summed E-state index contributed by atoms with van der Waals surface area (Å²) in [7, 11) is 1.58. The highest BCUT2D eigenvalue weighted by molar-refractivity contribution is 7.99. The molecule has 0 aliphatic rings. The number of hydrogen-bond acceptors (Lipinski definition) is 3. The van der Waals surface area contributed by atoms with Gasteiger partial charge in [-0.2, -0.15) is 0 Å². The number of nitrogens with zero attached hydrogens (tertiary/aromatic N) is 1. The van der Waals surface area contributed by atoms with Crippen LogP contribution in [0.2, 0.25) is 10.0 Å². The van der Waals surface area contributed by atoms with Crippen LogP contribution in [0.25, 0.3) is 0 Å². The lowest BCUT2D eigenvalue weighted by atomic mass is 10.1. The molecule has 29 heavy (non-hydrogen) atoms. The topological polar surface area (TPSA) is 49.4 Å². The summed E-state index contributed by atoms with van der Waals surface area (Å²) in [6.07, 6.45) is 0.513. The maximum Gasteiger partial charge on any atom is 0.242 e. The van der Waals surface area contributed by atoms with Crippen LogP contribution >= 0.6 is 35.0 Å². The first-order valence-corrected chi connectivity index (χ1v) is 11.3. The number of aryl methyl sites for hydroxylation is 1. The number of hydrogen-bond donors (Lipinski definition) is 1. The fourth-order valence-electron chi connectivity index (χ4n) is 3.06. The molecule has 1 atom stereocenters. The van der Waals surface area contributed by atoms with Gasteiger partial charge in [-0.3, -0.25) is 9.59 Å². The van der Waals surface area contributed by atoms with E-state index in [1.54, 1.807) is 30.1 Å². The highest BCUT2D eigenvalue weighted by Gasteiger charge is 2.28. The van der Waals surface area contributed by atoms with Crippen LogP contribution in [0.4, 0.5) is 0 Å². The fourth-order valence-corrected chi connectivity index (χ4v) is 4.39. The monoisotopic (exact) mass is 452 g/mol. The van der Waals surface area contributed by atoms with Gasteiger partial charge in [-0.15, -0.1) is 11.8 Å². The van der Waals surface area contributed by atoms with Crippen LogP contribution in [-0.2, 0) is 21.9 Å². The molecule has 0 spiro atoms. The molecular weight excluding hydrogens is 427 g/mol.